The Morgan fingerprint density at radius 1 is 1.13 bits per heavy atom. The Morgan fingerprint density at radius 2 is 1.83 bits per heavy atom. The lowest BCUT2D eigenvalue weighted by Crippen LogP contribution is -2.45. The summed E-state index contributed by atoms with van der Waals surface area (Å²) < 4.78 is 5.11. The lowest BCUT2D eigenvalue weighted by molar-refractivity contribution is -0.149. The van der Waals surface area contributed by atoms with Gasteiger partial charge in [-0.2, -0.15) is 0 Å². The van der Waals surface area contributed by atoms with Crippen molar-refractivity contribution in [2.24, 2.45) is 10.9 Å². The highest BCUT2D eigenvalue weighted by atomic mass is 127. The minimum atomic E-state index is -0.325. The number of phenols is 1. The first-order valence-electron chi connectivity index (χ1n) is 10.3. The van der Waals surface area contributed by atoms with E-state index in [0.29, 0.717) is 25.7 Å². The number of rotatable bonds is 8. The molecule has 1 aliphatic carbocycles. The summed E-state index contributed by atoms with van der Waals surface area (Å²) in [6.45, 7) is 5.75. The maximum absolute atomic E-state index is 12.1. The number of aliphatic imine (C=N–C) groups is 1. The van der Waals surface area contributed by atoms with Crippen molar-refractivity contribution in [2.45, 2.75) is 45.6 Å². The molecule has 0 atom stereocenters. The van der Waals surface area contributed by atoms with E-state index in [0.717, 1.165) is 32.2 Å². The predicted molar refractivity (Wildman–Crippen MR) is 127 cm³/mol. The van der Waals surface area contributed by atoms with E-state index < -0.39 is 0 Å². The number of benzene rings is 1. The fraction of sp³-hybridized carbons (Fsp3) is 0.571. The maximum atomic E-state index is 12.1. The third-order valence-corrected chi connectivity index (χ3v) is 4.85. The van der Waals surface area contributed by atoms with Crippen LogP contribution >= 0.6 is 24.0 Å². The average molecular weight is 532 g/mol. The molecule has 0 unspecified atom stereocenters. The quantitative estimate of drug-likeness (QED) is 0.135. The number of esters is 1. The highest BCUT2D eigenvalue weighted by Crippen LogP contribution is 2.25. The third kappa shape index (κ3) is 8.37. The van der Waals surface area contributed by atoms with Crippen molar-refractivity contribution in [3.05, 3.63) is 29.8 Å². The highest BCUT2D eigenvalue weighted by molar-refractivity contribution is 14.0. The number of guanidine groups is 1. The number of para-hydroxylation sites is 1. The lowest BCUT2D eigenvalue weighted by atomic mass is 9.86. The standard InChI is InChI=1S/C21H32N4O4.HI/c1-3-22-21(25-16-11-9-15(10-12-16)20(28)29-4-2)24-14-13-23-19(27)17-7-5-6-8-18(17)26;/h5-8,15-16,26H,3-4,9-14H2,1-2H3,(H,23,27)(H2,22,24,25);1H. The number of carbonyl (C=O) groups excluding carboxylic acids is 2. The minimum absolute atomic E-state index is 0. The molecule has 0 spiro atoms. The van der Waals surface area contributed by atoms with Crippen molar-refractivity contribution >= 4 is 41.8 Å². The molecule has 30 heavy (non-hydrogen) atoms. The average Bonchev–Trinajstić information content (AvgIpc) is 2.72. The van der Waals surface area contributed by atoms with E-state index >= 15 is 0 Å². The van der Waals surface area contributed by atoms with Gasteiger partial charge in [-0.3, -0.25) is 14.6 Å². The second-order valence-electron chi connectivity index (χ2n) is 6.98. The van der Waals surface area contributed by atoms with Crippen LogP contribution in [0.4, 0.5) is 0 Å². The van der Waals surface area contributed by atoms with Gasteiger partial charge in [-0.25, -0.2) is 0 Å². The predicted octanol–water partition coefficient (Wildman–Crippen LogP) is 2.42. The Bertz CT molecular complexity index is 706. The Labute approximate surface area is 195 Å². The van der Waals surface area contributed by atoms with Crippen LogP contribution < -0.4 is 16.0 Å². The molecule has 1 amide bonds. The van der Waals surface area contributed by atoms with Crippen molar-refractivity contribution in [3.8, 4) is 5.75 Å². The van der Waals surface area contributed by atoms with Crippen LogP contribution in [0.2, 0.25) is 0 Å². The number of nitrogens with zero attached hydrogens (tertiary/aromatic N) is 1. The number of aromatic hydroxyl groups is 1. The van der Waals surface area contributed by atoms with Crippen molar-refractivity contribution in [1.29, 1.82) is 0 Å². The first kappa shape index (κ1) is 26.0. The Kier molecular flexibility index (Phi) is 12.2. The van der Waals surface area contributed by atoms with E-state index in [-0.39, 0.29) is 59.1 Å². The highest BCUT2D eigenvalue weighted by Gasteiger charge is 2.27. The fourth-order valence-corrected chi connectivity index (χ4v) is 3.34. The topological polar surface area (TPSA) is 112 Å². The van der Waals surface area contributed by atoms with Gasteiger partial charge in [0.2, 0.25) is 0 Å². The number of phenolic OH excluding ortho intramolecular Hbond substituents is 1. The van der Waals surface area contributed by atoms with Gasteiger partial charge in [-0.1, -0.05) is 12.1 Å². The summed E-state index contributed by atoms with van der Waals surface area (Å²) in [5.74, 6) is 0.239. The van der Waals surface area contributed by atoms with Gasteiger partial charge in [-0.05, 0) is 51.7 Å². The first-order valence-corrected chi connectivity index (χ1v) is 10.3. The molecule has 1 aromatic rings. The van der Waals surface area contributed by atoms with Gasteiger partial charge in [0.1, 0.15) is 5.75 Å². The Balaban J connectivity index is 0.00000450. The van der Waals surface area contributed by atoms with Crippen LogP contribution in [0.15, 0.2) is 29.3 Å². The number of halogens is 1. The van der Waals surface area contributed by atoms with Crippen LogP contribution in [0.25, 0.3) is 0 Å². The zero-order valence-electron chi connectivity index (χ0n) is 17.6. The SMILES string of the molecule is CCNC(=NCCNC(=O)c1ccccc1O)NC1CCC(C(=O)OCC)CC1.I. The summed E-state index contributed by atoms with van der Waals surface area (Å²) in [4.78, 5) is 28.5. The van der Waals surface area contributed by atoms with Crippen LogP contribution in [0.1, 0.15) is 49.9 Å². The zero-order chi connectivity index (χ0) is 21.1. The molecule has 4 N–H and O–H groups in total. The molecular formula is C21H33IN4O4. The second-order valence-corrected chi connectivity index (χ2v) is 6.98. The summed E-state index contributed by atoms with van der Waals surface area (Å²) in [7, 11) is 0. The van der Waals surface area contributed by atoms with Crippen LogP contribution in [0.5, 0.6) is 5.75 Å². The minimum Gasteiger partial charge on any atom is -0.507 e. The smallest absolute Gasteiger partial charge is 0.308 e. The van der Waals surface area contributed by atoms with E-state index in [4.69, 9.17) is 4.74 Å². The summed E-state index contributed by atoms with van der Waals surface area (Å²) in [5, 5.41) is 19.1. The van der Waals surface area contributed by atoms with Crippen LogP contribution in [-0.4, -0.2) is 55.2 Å². The van der Waals surface area contributed by atoms with Crippen LogP contribution in [0.3, 0.4) is 0 Å². The molecule has 9 heteroatoms. The second kappa shape index (κ2) is 14.1. The number of hydrogen-bond acceptors (Lipinski definition) is 5. The summed E-state index contributed by atoms with van der Waals surface area (Å²) >= 11 is 0. The lowest BCUT2D eigenvalue weighted by Gasteiger charge is -2.29. The molecule has 1 fully saturated rings. The molecule has 0 saturated heterocycles. The molecule has 0 aliphatic heterocycles. The number of nitrogens with one attached hydrogen (secondary N) is 3. The maximum Gasteiger partial charge on any atom is 0.308 e. The van der Waals surface area contributed by atoms with Gasteiger partial charge >= 0.3 is 5.97 Å². The molecule has 0 radical (unpaired) electrons. The summed E-state index contributed by atoms with van der Waals surface area (Å²) in [5.41, 5.74) is 0.250. The van der Waals surface area contributed by atoms with Gasteiger partial charge in [0.05, 0.1) is 24.6 Å². The number of carbonyl (C=O) groups is 2. The monoisotopic (exact) mass is 532 g/mol. The molecule has 8 nitrogen and oxygen atoms in total. The van der Waals surface area contributed by atoms with E-state index in [1.54, 1.807) is 18.2 Å². The summed E-state index contributed by atoms with van der Waals surface area (Å²) in [6.07, 6.45) is 3.40. The van der Waals surface area contributed by atoms with E-state index in [9.17, 15) is 14.7 Å². The molecular weight excluding hydrogens is 499 g/mol. The Hall–Kier alpha value is -2.04. The molecule has 0 heterocycles. The molecule has 2 rings (SSSR count). The molecule has 0 aromatic heterocycles. The van der Waals surface area contributed by atoms with Gasteiger partial charge in [-0.15, -0.1) is 24.0 Å². The molecule has 1 aromatic carbocycles. The van der Waals surface area contributed by atoms with Gasteiger partial charge in [0, 0.05) is 19.1 Å². The molecule has 0 bridgehead atoms. The van der Waals surface area contributed by atoms with Gasteiger partial charge in [0.15, 0.2) is 5.96 Å². The molecule has 1 saturated carbocycles. The van der Waals surface area contributed by atoms with E-state index in [1.807, 2.05) is 13.8 Å². The van der Waals surface area contributed by atoms with Crippen LogP contribution in [0, 0.1) is 5.92 Å². The van der Waals surface area contributed by atoms with Crippen LogP contribution in [-0.2, 0) is 9.53 Å². The number of amides is 1. The fourth-order valence-electron chi connectivity index (χ4n) is 3.34. The van der Waals surface area contributed by atoms with Crippen molar-refractivity contribution in [1.82, 2.24) is 16.0 Å². The van der Waals surface area contributed by atoms with Crippen molar-refractivity contribution in [2.75, 3.05) is 26.2 Å². The van der Waals surface area contributed by atoms with Crippen molar-refractivity contribution < 1.29 is 19.4 Å². The normalized spacial score (nSPS) is 18.7. The van der Waals surface area contributed by atoms with Gasteiger partial charge in [0.25, 0.3) is 5.91 Å². The van der Waals surface area contributed by atoms with Crippen molar-refractivity contribution in [3.63, 3.8) is 0 Å². The first-order chi connectivity index (χ1) is 14.0. The molecule has 168 valence electrons. The molecule has 1 aliphatic rings. The summed E-state index contributed by atoms with van der Waals surface area (Å²) in [6, 6.07) is 6.69. The van der Waals surface area contributed by atoms with E-state index in [1.165, 1.54) is 6.07 Å². The zero-order valence-corrected chi connectivity index (χ0v) is 20.0. The number of hydrogen-bond donors (Lipinski definition) is 4. The number of ether oxygens (including phenoxy) is 1. The Morgan fingerprint density at radius 3 is 2.47 bits per heavy atom. The van der Waals surface area contributed by atoms with Gasteiger partial charge < -0.3 is 25.8 Å². The largest absolute Gasteiger partial charge is 0.507 e. The van der Waals surface area contributed by atoms with E-state index in [2.05, 4.69) is 20.9 Å². The third-order valence-electron chi connectivity index (χ3n) is 4.85.